The van der Waals surface area contributed by atoms with Crippen molar-refractivity contribution in [2.24, 2.45) is 0 Å². The highest BCUT2D eigenvalue weighted by molar-refractivity contribution is 7.15. The van der Waals surface area contributed by atoms with Crippen LogP contribution in [0.15, 0.2) is 42.5 Å². The van der Waals surface area contributed by atoms with E-state index >= 15 is 0 Å². The van der Waals surface area contributed by atoms with Crippen molar-refractivity contribution in [1.82, 2.24) is 4.98 Å². The molecule has 0 saturated heterocycles. The largest absolute Gasteiger partial charge is 0.491 e. The van der Waals surface area contributed by atoms with Crippen LogP contribution in [0.1, 0.15) is 79.3 Å². The second-order valence-corrected chi connectivity index (χ2v) is 10.0. The smallest absolute Gasteiger partial charge is 0.123 e. The zero-order valence-corrected chi connectivity index (χ0v) is 21.1. The summed E-state index contributed by atoms with van der Waals surface area (Å²) < 4.78 is 5.53. The Balaban J connectivity index is 1.70. The first kappa shape index (κ1) is 25.4. The lowest BCUT2D eigenvalue weighted by Gasteiger charge is -2.14. The number of aliphatic hydroxyl groups is 2. The van der Waals surface area contributed by atoms with Gasteiger partial charge in [-0.3, -0.25) is 0 Å². The molecule has 0 amide bonds. The first-order valence-corrected chi connectivity index (χ1v) is 12.9. The molecular formula is C28H37NO3S. The number of unbranched alkanes of at least 4 members (excludes halogenated alkanes) is 1. The van der Waals surface area contributed by atoms with Crippen molar-refractivity contribution >= 4 is 11.3 Å². The van der Waals surface area contributed by atoms with Gasteiger partial charge in [-0.05, 0) is 67.3 Å². The summed E-state index contributed by atoms with van der Waals surface area (Å²) >= 11 is 1.75. The molecule has 0 aliphatic heterocycles. The van der Waals surface area contributed by atoms with Gasteiger partial charge in [0.25, 0.3) is 0 Å². The van der Waals surface area contributed by atoms with Crippen molar-refractivity contribution < 1.29 is 14.9 Å². The van der Waals surface area contributed by atoms with Gasteiger partial charge in [-0.1, -0.05) is 57.5 Å². The molecule has 1 atom stereocenters. The number of benzene rings is 2. The molecule has 0 saturated carbocycles. The van der Waals surface area contributed by atoms with E-state index in [0.29, 0.717) is 12.3 Å². The van der Waals surface area contributed by atoms with Gasteiger partial charge in [0, 0.05) is 10.4 Å². The molecule has 1 unspecified atom stereocenters. The fourth-order valence-corrected chi connectivity index (χ4v) is 5.18. The van der Waals surface area contributed by atoms with Crippen LogP contribution in [0.25, 0.3) is 10.6 Å². The zero-order valence-electron chi connectivity index (χ0n) is 20.3. The van der Waals surface area contributed by atoms with Crippen LogP contribution in [0.5, 0.6) is 5.75 Å². The Labute approximate surface area is 202 Å². The van der Waals surface area contributed by atoms with E-state index in [1.807, 2.05) is 25.1 Å². The molecule has 1 aromatic heterocycles. The minimum absolute atomic E-state index is 0.0121. The average Bonchev–Trinajstić information content (AvgIpc) is 3.25. The van der Waals surface area contributed by atoms with Gasteiger partial charge in [0.2, 0.25) is 0 Å². The van der Waals surface area contributed by atoms with Gasteiger partial charge in [-0.25, -0.2) is 4.98 Å². The fourth-order valence-electron chi connectivity index (χ4n) is 3.94. The molecule has 0 fully saturated rings. The van der Waals surface area contributed by atoms with E-state index in [-0.39, 0.29) is 13.2 Å². The van der Waals surface area contributed by atoms with Crippen LogP contribution in [0, 0.1) is 6.92 Å². The summed E-state index contributed by atoms with van der Waals surface area (Å²) in [5.41, 5.74) is 5.55. The van der Waals surface area contributed by atoms with Crippen LogP contribution in [0.2, 0.25) is 0 Å². The van der Waals surface area contributed by atoms with Crippen LogP contribution >= 0.6 is 11.3 Å². The highest BCUT2D eigenvalue weighted by Crippen LogP contribution is 2.34. The van der Waals surface area contributed by atoms with E-state index in [4.69, 9.17) is 14.8 Å². The molecule has 33 heavy (non-hydrogen) atoms. The molecule has 1 heterocycles. The number of thiazole rings is 1. The van der Waals surface area contributed by atoms with Crippen molar-refractivity contribution in [1.29, 1.82) is 0 Å². The molecule has 0 aliphatic rings. The highest BCUT2D eigenvalue weighted by Gasteiger charge is 2.18. The molecule has 2 N–H and O–H groups in total. The first-order valence-electron chi connectivity index (χ1n) is 12.0. The Morgan fingerprint density at radius 2 is 1.82 bits per heavy atom. The number of aliphatic hydroxyl groups excluding tert-OH is 2. The van der Waals surface area contributed by atoms with Crippen LogP contribution in [0.3, 0.4) is 0 Å². The Kier molecular flexibility index (Phi) is 9.48. The fraction of sp³-hybridized carbons (Fsp3) is 0.464. The van der Waals surface area contributed by atoms with E-state index in [2.05, 4.69) is 45.0 Å². The molecule has 2 aromatic carbocycles. The second kappa shape index (κ2) is 12.3. The number of rotatable bonds is 12. The van der Waals surface area contributed by atoms with E-state index in [0.717, 1.165) is 40.4 Å². The second-order valence-electron chi connectivity index (χ2n) is 8.93. The Morgan fingerprint density at radius 3 is 2.45 bits per heavy atom. The third kappa shape index (κ3) is 6.89. The predicted octanol–water partition coefficient (Wildman–Crippen LogP) is 6.62. The topological polar surface area (TPSA) is 62.6 Å². The lowest BCUT2D eigenvalue weighted by molar-refractivity contribution is 0.167. The summed E-state index contributed by atoms with van der Waals surface area (Å²) in [7, 11) is 0. The summed E-state index contributed by atoms with van der Waals surface area (Å²) in [4.78, 5) is 6.23. The van der Waals surface area contributed by atoms with Crippen molar-refractivity contribution in [3.8, 4) is 16.3 Å². The number of hydrogen-bond acceptors (Lipinski definition) is 5. The summed E-state index contributed by atoms with van der Waals surface area (Å²) in [5.74, 6) is 1.09. The lowest BCUT2D eigenvalue weighted by Crippen LogP contribution is -2.05. The predicted molar refractivity (Wildman–Crippen MR) is 137 cm³/mol. The minimum atomic E-state index is -0.543. The quantitative estimate of drug-likeness (QED) is 0.314. The van der Waals surface area contributed by atoms with Gasteiger partial charge in [-0.15, -0.1) is 11.3 Å². The molecule has 5 heteroatoms. The van der Waals surface area contributed by atoms with E-state index in [1.165, 1.54) is 28.8 Å². The number of ether oxygens (including phenoxy) is 1. The maximum Gasteiger partial charge on any atom is 0.123 e. The van der Waals surface area contributed by atoms with Crippen molar-refractivity contribution in [3.05, 3.63) is 69.7 Å². The Morgan fingerprint density at radius 1 is 1.06 bits per heavy atom. The molecule has 0 spiro atoms. The minimum Gasteiger partial charge on any atom is -0.491 e. The summed E-state index contributed by atoms with van der Waals surface area (Å²) in [6, 6.07) is 14.6. The van der Waals surface area contributed by atoms with Gasteiger partial charge in [0.15, 0.2) is 0 Å². The van der Waals surface area contributed by atoms with Gasteiger partial charge in [-0.2, -0.15) is 0 Å². The van der Waals surface area contributed by atoms with Gasteiger partial charge >= 0.3 is 0 Å². The maximum absolute atomic E-state index is 10.8. The molecule has 3 rings (SSSR count). The Bertz CT molecular complexity index is 1010. The van der Waals surface area contributed by atoms with Gasteiger partial charge in [0.05, 0.1) is 18.4 Å². The third-order valence-electron chi connectivity index (χ3n) is 5.87. The first-order chi connectivity index (χ1) is 15.9. The standard InChI is InChI=1S/C28H37NO3S/c1-5-6-7-21-8-10-22(11-9-21)28-29-27(19(2)3)26(33-28)15-13-24(31)23-12-14-25(20(4)18-23)32-17-16-30/h8-12,14,18-19,24,30-31H,5-7,13,15-17H2,1-4H3. The number of aromatic nitrogens is 1. The molecule has 0 aliphatic carbocycles. The number of aryl methyl sites for hydroxylation is 3. The SMILES string of the molecule is CCCCc1ccc(-c2nc(C(C)C)c(CCC(O)c3ccc(OCCO)c(C)c3)s2)cc1. The van der Waals surface area contributed by atoms with Crippen molar-refractivity contribution in [2.75, 3.05) is 13.2 Å². The Hall–Kier alpha value is -2.21. The van der Waals surface area contributed by atoms with Crippen molar-refractivity contribution in [2.45, 2.75) is 71.8 Å². The van der Waals surface area contributed by atoms with Crippen molar-refractivity contribution in [3.63, 3.8) is 0 Å². The van der Waals surface area contributed by atoms with Gasteiger partial charge < -0.3 is 14.9 Å². The summed E-state index contributed by atoms with van der Waals surface area (Å²) in [6.07, 6.45) is 4.46. The molecular weight excluding hydrogens is 430 g/mol. The highest BCUT2D eigenvalue weighted by atomic mass is 32.1. The summed E-state index contributed by atoms with van der Waals surface area (Å²) in [5, 5.41) is 20.8. The van der Waals surface area contributed by atoms with Crippen LogP contribution < -0.4 is 4.74 Å². The van der Waals surface area contributed by atoms with E-state index < -0.39 is 6.10 Å². The number of hydrogen-bond donors (Lipinski definition) is 2. The maximum atomic E-state index is 10.8. The normalized spacial score (nSPS) is 12.3. The number of nitrogens with zero attached hydrogens (tertiary/aromatic N) is 1. The lowest BCUT2D eigenvalue weighted by atomic mass is 10.00. The third-order valence-corrected chi connectivity index (χ3v) is 7.05. The van der Waals surface area contributed by atoms with Crippen LogP contribution in [-0.4, -0.2) is 28.4 Å². The summed E-state index contributed by atoms with van der Waals surface area (Å²) in [6.45, 7) is 8.81. The zero-order chi connectivity index (χ0) is 23.8. The van der Waals surface area contributed by atoms with Crippen LogP contribution in [0.4, 0.5) is 0 Å². The molecule has 4 nitrogen and oxygen atoms in total. The van der Waals surface area contributed by atoms with E-state index in [1.54, 1.807) is 11.3 Å². The van der Waals surface area contributed by atoms with Gasteiger partial charge in [0.1, 0.15) is 17.4 Å². The molecule has 0 radical (unpaired) electrons. The molecule has 0 bridgehead atoms. The van der Waals surface area contributed by atoms with E-state index in [9.17, 15) is 5.11 Å². The molecule has 178 valence electrons. The molecule has 3 aromatic rings. The monoisotopic (exact) mass is 467 g/mol. The van der Waals surface area contributed by atoms with Crippen LogP contribution in [-0.2, 0) is 12.8 Å². The average molecular weight is 468 g/mol.